The molecule has 1 heterocycles. The molecule has 0 amide bonds. The molecule has 0 bridgehead atoms. The first-order valence-corrected chi connectivity index (χ1v) is 10.7. The van der Waals surface area contributed by atoms with Crippen molar-refractivity contribution in [1.82, 2.24) is 4.57 Å². The van der Waals surface area contributed by atoms with Crippen LogP contribution in [0.3, 0.4) is 0 Å². The van der Waals surface area contributed by atoms with Crippen LogP contribution in [0.4, 0.5) is 11.4 Å². The molecule has 1 N–H and O–H groups in total. The third-order valence-electron chi connectivity index (χ3n) is 5.33. The van der Waals surface area contributed by atoms with Gasteiger partial charge in [-0.1, -0.05) is 66.2 Å². The topological polar surface area (TPSA) is 59.1 Å². The van der Waals surface area contributed by atoms with Crippen molar-refractivity contribution in [2.45, 2.75) is 6.54 Å². The fraction of sp³-hybridized carbons (Fsp3) is 0.0769. The fourth-order valence-corrected chi connectivity index (χ4v) is 3.91. The lowest BCUT2D eigenvalue weighted by molar-refractivity contribution is 0.293. The molecule has 0 fully saturated rings. The molecule has 0 saturated carbocycles. The van der Waals surface area contributed by atoms with Crippen molar-refractivity contribution in [2.75, 3.05) is 6.61 Å². The van der Waals surface area contributed by atoms with E-state index in [-0.39, 0.29) is 5.88 Å². The zero-order valence-corrected chi connectivity index (χ0v) is 17.9. The van der Waals surface area contributed by atoms with Crippen LogP contribution in [0.2, 0.25) is 5.02 Å². The van der Waals surface area contributed by atoms with Gasteiger partial charge in [-0.2, -0.15) is 5.11 Å². The Kier molecular flexibility index (Phi) is 5.48. The van der Waals surface area contributed by atoms with Crippen LogP contribution in [0.15, 0.2) is 101 Å². The van der Waals surface area contributed by atoms with Crippen LogP contribution in [0.1, 0.15) is 0 Å². The molecule has 5 rings (SSSR count). The van der Waals surface area contributed by atoms with E-state index in [1.54, 1.807) is 28.8 Å². The molecule has 0 saturated heterocycles. The number of halogens is 1. The Labute approximate surface area is 190 Å². The largest absolute Gasteiger partial charge is 0.493 e. The number of para-hydroxylation sites is 1. The van der Waals surface area contributed by atoms with Gasteiger partial charge in [-0.25, -0.2) is 0 Å². The Morgan fingerprint density at radius 2 is 1.50 bits per heavy atom. The van der Waals surface area contributed by atoms with Crippen molar-refractivity contribution in [2.24, 2.45) is 10.2 Å². The minimum atomic E-state index is 0.0606. The van der Waals surface area contributed by atoms with Crippen LogP contribution in [-0.4, -0.2) is 16.3 Å². The molecule has 0 aliphatic heterocycles. The number of benzene rings is 4. The summed E-state index contributed by atoms with van der Waals surface area (Å²) < 4.78 is 7.88. The number of hydrogen-bond donors (Lipinski definition) is 1. The third kappa shape index (κ3) is 3.90. The van der Waals surface area contributed by atoms with Gasteiger partial charge in [-0.15, -0.1) is 5.11 Å². The minimum Gasteiger partial charge on any atom is -0.493 e. The van der Waals surface area contributed by atoms with Crippen molar-refractivity contribution < 1.29 is 9.84 Å². The van der Waals surface area contributed by atoms with Gasteiger partial charge in [0.1, 0.15) is 12.4 Å². The summed E-state index contributed by atoms with van der Waals surface area (Å²) in [5.74, 6) is 0.882. The van der Waals surface area contributed by atoms with E-state index in [2.05, 4.69) is 22.4 Å². The summed E-state index contributed by atoms with van der Waals surface area (Å²) in [6.07, 6.45) is 0. The normalized spacial score (nSPS) is 11.5. The highest BCUT2D eigenvalue weighted by atomic mass is 35.5. The standard InChI is InChI=1S/C26H20ClN3O2/c27-19-12-14-20(15-13-19)28-29-25-22-9-3-4-10-23(22)30(26(25)31)16-17-32-24-11-5-7-18-6-1-2-8-21(18)24/h1-15,31H,16-17H2. The molecule has 5 aromatic rings. The number of aromatic hydroxyl groups is 1. The van der Waals surface area contributed by atoms with E-state index in [9.17, 15) is 5.11 Å². The lowest BCUT2D eigenvalue weighted by Gasteiger charge is -2.11. The smallest absolute Gasteiger partial charge is 0.220 e. The maximum atomic E-state index is 10.9. The monoisotopic (exact) mass is 441 g/mol. The molecule has 158 valence electrons. The molecule has 4 aromatic carbocycles. The van der Waals surface area contributed by atoms with E-state index >= 15 is 0 Å². The summed E-state index contributed by atoms with van der Waals surface area (Å²) in [5.41, 5.74) is 1.96. The zero-order valence-electron chi connectivity index (χ0n) is 17.1. The number of hydrogen-bond acceptors (Lipinski definition) is 4. The number of rotatable bonds is 6. The molecule has 1 aromatic heterocycles. The zero-order chi connectivity index (χ0) is 21.9. The van der Waals surface area contributed by atoms with Crippen molar-refractivity contribution in [3.63, 3.8) is 0 Å². The maximum absolute atomic E-state index is 10.9. The molecule has 0 radical (unpaired) electrons. The predicted molar refractivity (Wildman–Crippen MR) is 129 cm³/mol. The second-order valence-electron chi connectivity index (χ2n) is 7.34. The lowest BCUT2D eigenvalue weighted by atomic mass is 10.1. The molecule has 32 heavy (non-hydrogen) atoms. The van der Waals surface area contributed by atoms with Gasteiger partial charge in [0.2, 0.25) is 5.88 Å². The average Bonchev–Trinajstić information content (AvgIpc) is 3.10. The van der Waals surface area contributed by atoms with Crippen LogP contribution < -0.4 is 4.74 Å². The van der Waals surface area contributed by atoms with E-state index in [1.165, 1.54) is 0 Å². The highest BCUT2D eigenvalue weighted by Gasteiger charge is 2.16. The Hall–Kier alpha value is -3.83. The molecular formula is C26H20ClN3O2. The molecular weight excluding hydrogens is 422 g/mol. The highest BCUT2D eigenvalue weighted by molar-refractivity contribution is 6.30. The molecule has 0 aliphatic carbocycles. The van der Waals surface area contributed by atoms with Gasteiger partial charge in [-0.05, 0) is 41.8 Å². The minimum absolute atomic E-state index is 0.0606. The predicted octanol–water partition coefficient (Wildman–Crippen LogP) is 7.65. The van der Waals surface area contributed by atoms with Crippen LogP contribution >= 0.6 is 11.6 Å². The Balaban J connectivity index is 1.41. The van der Waals surface area contributed by atoms with Crippen molar-refractivity contribution in [3.05, 3.63) is 96.0 Å². The molecule has 0 unspecified atom stereocenters. The average molecular weight is 442 g/mol. The molecule has 5 nitrogen and oxygen atoms in total. The van der Waals surface area contributed by atoms with Gasteiger partial charge in [0, 0.05) is 15.8 Å². The SMILES string of the molecule is Oc1c(N=Nc2ccc(Cl)cc2)c2ccccc2n1CCOc1cccc2ccccc12. The van der Waals surface area contributed by atoms with Gasteiger partial charge in [0.15, 0.2) is 5.69 Å². The number of nitrogens with zero attached hydrogens (tertiary/aromatic N) is 3. The Morgan fingerprint density at radius 3 is 2.34 bits per heavy atom. The fourth-order valence-electron chi connectivity index (χ4n) is 3.78. The van der Waals surface area contributed by atoms with E-state index in [0.29, 0.717) is 29.5 Å². The summed E-state index contributed by atoms with van der Waals surface area (Å²) in [4.78, 5) is 0. The van der Waals surface area contributed by atoms with Gasteiger partial charge in [0.25, 0.3) is 0 Å². The summed E-state index contributed by atoms with van der Waals surface area (Å²) in [6, 6.07) is 28.9. The van der Waals surface area contributed by atoms with Crippen LogP contribution in [0.5, 0.6) is 11.6 Å². The number of fused-ring (bicyclic) bond motifs is 2. The molecule has 0 aliphatic rings. The first-order chi connectivity index (χ1) is 15.7. The van der Waals surface area contributed by atoms with Crippen molar-refractivity contribution in [3.8, 4) is 11.6 Å². The molecule has 0 spiro atoms. The van der Waals surface area contributed by atoms with Crippen LogP contribution in [0.25, 0.3) is 21.7 Å². The number of aromatic nitrogens is 1. The van der Waals surface area contributed by atoms with Gasteiger partial charge >= 0.3 is 0 Å². The number of ether oxygens (including phenoxy) is 1. The van der Waals surface area contributed by atoms with Crippen molar-refractivity contribution >= 4 is 44.7 Å². The van der Waals surface area contributed by atoms with Gasteiger partial charge < -0.3 is 14.4 Å². The van der Waals surface area contributed by atoms with Gasteiger partial charge in [0.05, 0.1) is 17.7 Å². The Bertz CT molecular complexity index is 1420. The second-order valence-corrected chi connectivity index (χ2v) is 7.78. The van der Waals surface area contributed by atoms with E-state index in [1.807, 2.05) is 54.6 Å². The quantitative estimate of drug-likeness (QED) is 0.275. The van der Waals surface area contributed by atoms with Crippen molar-refractivity contribution in [1.29, 1.82) is 0 Å². The highest BCUT2D eigenvalue weighted by Crippen LogP contribution is 2.39. The lowest BCUT2D eigenvalue weighted by Crippen LogP contribution is -2.07. The van der Waals surface area contributed by atoms with Crippen LogP contribution in [-0.2, 0) is 6.54 Å². The van der Waals surface area contributed by atoms with Crippen LogP contribution in [0, 0.1) is 0 Å². The second kappa shape index (κ2) is 8.73. The summed E-state index contributed by atoms with van der Waals surface area (Å²) >= 11 is 5.93. The van der Waals surface area contributed by atoms with Gasteiger partial charge in [-0.3, -0.25) is 0 Å². The first-order valence-electron chi connectivity index (χ1n) is 10.3. The first kappa shape index (κ1) is 20.1. The number of azo groups is 1. The third-order valence-corrected chi connectivity index (χ3v) is 5.58. The summed E-state index contributed by atoms with van der Waals surface area (Å²) in [5, 5.41) is 23.2. The Morgan fingerprint density at radius 1 is 0.781 bits per heavy atom. The molecule has 0 atom stereocenters. The van der Waals surface area contributed by atoms with E-state index < -0.39 is 0 Å². The van der Waals surface area contributed by atoms with E-state index in [0.717, 1.165) is 27.4 Å². The maximum Gasteiger partial charge on any atom is 0.220 e. The summed E-state index contributed by atoms with van der Waals surface area (Å²) in [6.45, 7) is 0.861. The van der Waals surface area contributed by atoms with E-state index in [4.69, 9.17) is 16.3 Å². The molecule has 6 heteroatoms. The summed E-state index contributed by atoms with van der Waals surface area (Å²) in [7, 11) is 0.